The Labute approximate surface area is 212 Å². The lowest BCUT2D eigenvalue weighted by atomic mass is 9.82. The van der Waals surface area contributed by atoms with Crippen molar-refractivity contribution in [2.24, 2.45) is 0 Å². The Balaban J connectivity index is 1.63. The molecule has 1 heterocycles. The first-order valence-electron chi connectivity index (χ1n) is 11.8. The third kappa shape index (κ3) is 5.75. The molecule has 0 radical (unpaired) electrons. The predicted molar refractivity (Wildman–Crippen MR) is 138 cm³/mol. The second-order valence-electron chi connectivity index (χ2n) is 8.92. The number of hydrogen-bond acceptors (Lipinski definition) is 4. The Kier molecular flexibility index (Phi) is 8.49. The van der Waals surface area contributed by atoms with Crippen LogP contribution in [0.2, 0.25) is 10.0 Å². The first kappa shape index (κ1) is 25.4. The molecule has 0 spiro atoms. The molecule has 2 aromatic rings. The lowest BCUT2D eigenvalue weighted by Gasteiger charge is -2.43. The Bertz CT molecular complexity index is 1060. The molecule has 1 saturated heterocycles. The number of amides is 1. The number of nitrogens with one attached hydrogen (secondary N) is 1. The number of hydrogen-bond donors (Lipinski definition) is 1. The molecule has 9 heteroatoms. The van der Waals surface area contributed by atoms with Gasteiger partial charge in [-0.25, -0.2) is 0 Å². The molecule has 0 aromatic heterocycles. The van der Waals surface area contributed by atoms with Gasteiger partial charge in [-0.15, -0.1) is 4.52 Å². The first-order chi connectivity index (χ1) is 16.4. The lowest BCUT2D eigenvalue weighted by molar-refractivity contribution is -0.133. The summed E-state index contributed by atoms with van der Waals surface area (Å²) in [7, 11) is -0.0931. The molecule has 2 aromatic carbocycles. The molecule has 1 amide bonds. The predicted octanol–water partition coefficient (Wildman–Crippen LogP) is 6.25. The van der Waals surface area contributed by atoms with E-state index in [0.717, 1.165) is 42.7 Å². The maximum absolute atomic E-state index is 13.5. The van der Waals surface area contributed by atoms with Crippen LogP contribution in [0.3, 0.4) is 0 Å². The molecule has 34 heavy (non-hydrogen) atoms. The van der Waals surface area contributed by atoms with Crippen LogP contribution in [0.15, 0.2) is 36.4 Å². The molecule has 1 aliphatic carbocycles. The average molecular weight is 523 g/mol. The summed E-state index contributed by atoms with van der Waals surface area (Å²) in [5, 5.41) is 3.89. The summed E-state index contributed by atoms with van der Waals surface area (Å²) in [6.45, 7) is 4.30. The minimum atomic E-state index is -1.99. The largest absolute Gasteiger partial charge is 0.643 e. The van der Waals surface area contributed by atoms with Crippen LogP contribution in [-0.2, 0) is 26.7 Å². The average Bonchev–Trinajstić information content (AvgIpc) is 3.35. The number of halogens is 2. The van der Waals surface area contributed by atoms with Crippen molar-refractivity contribution >= 4 is 43.0 Å². The highest BCUT2D eigenvalue weighted by Gasteiger charge is 2.39. The maximum atomic E-state index is 13.5. The minimum Gasteiger partial charge on any atom is -0.337 e. The third-order valence-corrected chi connectivity index (χ3v) is 8.44. The standard InChI is InChI=1S/C25H31Cl2N3O3P/c1-3-33-34(32)28-19-9-7-18-8-11-23(30-12-4-5-13-30)25(20(18)16-19)29(2)24(31)15-17-6-10-21(26)22(27)14-17/h6-7,9-10,14,16,23,25H,3-5,8,11-13,15H2,1-2H3,(H,28,32)/q+1/t23-,25-/m0/s1. The third-order valence-electron chi connectivity index (χ3n) is 6.76. The van der Waals surface area contributed by atoms with E-state index in [1.807, 2.05) is 37.1 Å². The molecule has 1 unspecified atom stereocenters. The van der Waals surface area contributed by atoms with Crippen molar-refractivity contribution in [3.8, 4) is 0 Å². The van der Waals surface area contributed by atoms with Crippen LogP contribution in [-0.4, -0.2) is 48.5 Å². The molecular formula is C25H31Cl2N3O3P+. The highest BCUT2D eigenvalue weighted by atomic mass is 35.5. The van der Waals surface area contributed by atoms with Crippen molar-refractivity contribution in [1.29, 1.82) is 0 Å². The number of carbonyl (C=O) groups excluding carboxylic acids is 1. The summed E-state index contributed by atoms with van der Waals surface area (Å²) in [4.78, 5) is 17.9. The van der Waals surface area contributed by atoms with Gasteiger partial charge in [0.15, 0.2) is 0 Å². The molecule has 0 bridgehead atoms. The molecule has 182 valence electrons. The van der Waals surface area contributed by atoms with Gasteiger partial charge in [-0.1, -0.05) is 35.3 Å². The van der Waals surface area contributed by atoms with Crippen LogP contribution < -0.4 is 5.09 Å². The summed E-state index contributed by atoms with van der Waals surface area (Å²) < 4.78 is 17.3. The van der Waals surface area contributed by atoms with Gasteiger partial charge >= 0.3 is 8.18 Å². The molecular weight excluding hydrogens is 492 g/mol. The van der Waals surface area contributed by atoms with E-state index in [1.165, 1.54) is 18.4 Å². The summed E-state index contributed by atoms with van der Waals surface area (Å²) in [5.41, 5.74) is 3.92. The monoisotopic (exact) mass is 522 g/mol. The fraction of sp³-hybridized carbons (Fsp3) is 0.480. The molecule has 4 rings (SSSR count). The van der Waals surface area contributed by atoms with E-state index in [2.05, 4.69) is 16.1 Å². The zero-order valence-electron chi connectivity index (χ0n) is 19.6. The number of likely N-dealkylation sites (N-methyl/N-ethyl adjacent to an activating group) is 1. The number of fused-ring (bicyclic) bond motifs is 1. The number of carbonyl (C=O) groups is 1. The summed E-state index contributed by atoms with van der Waals surface area (Å²) in [6.07, 6.45) is 4.59. The van der Waals surface area contributed by atoms with Crippen LogP contribution in [0, 0.1) is 0 Å². The Hall–Kier alpha value is -1.69. The molecule has 2 aliphatic rings. The van der Waals surface area contributed by atoms with Crippen LogP contribution in [0.1, 0.15) is 48.9 Å². The molecule has 0 saturated carbocycles. The van der Waals surface area contributed by atoms with Gasteiger partial charge in [0.2, 0.25) is 5.91 Å². The zero-order chi connectivity index (χ0) is 24.2. The first-order valence-corrected chi connectivity index (χ1v) is 13.7. The van der Waals surface area contributed by atoms with E-state index < -0.39 is 8.18 Å². The Morgan fingerprint density at radius 3 is 2.65 bits per heavy atom. The number of nitrogens with zero attached hydrogens (tertiary/aromatic N) is 2. The van der Waals surface area contributed by atoms with Crippen LogP contribution in [0.25, 0.3) is 0 Å². The fourth-order valence-electron chi connectivity index (χ4n) is 5.12. The van der Waals surface area contributed by atoms with Crippen LogP contribution in [0.5, 0.6) is 0 Å². The van der Waals surface area contributed by atoms with Crippen molar-refractivity contribution in [3.63, 3.8) is 0 Å². The SMILES string of the molecule is CCO[P+](=O)Nc1ccc2c(c1)[C@H](N(C)C(=O)Cc1ccc(Cl)c(Cl)c1)[C@@H](N1CCCC1)CC2. The van der Waals surface area contributed by atoms with Gasteiger partial charge in [0.1, 0.15) is 6.61 Å². The molecule has 6 nitrogen and oxygen atoms in total. The topological polar surface area (TPSA) is 61.9 Å². The number of anilines is 1. The summed E-state index contributed by atoms with van der Waals surface area (Å²) >= 11 is 12.2. The Morgan fingerprint density at radius 1 is 1.18 bits per heavy atom. The van der Waals surface area contributed by atoms with E-state index in [4.69, 9.17) is 27.7 Å². The van der Waals surface area contributed by atoms with Crippen LogP contribution >= 0.6 is 31.4 Å². The second kappa shape index (κ2) is 11.4. The maximum Gasteiger partial charge on any atom is 0.643 e. The normalized spacial score (nSPS) is 20.6. The van der Waals surface area contributed by atoms with Gasteiger partial charge in [0, 0.05) is 13.1 Å². The van der Waals surface area contributed by atoms with Crippen molar-refractivity contribution in [1.82, 2.24) is 9.80 Å². The minimum absolute atomic E-state index is 0.0270. The number of likely N-dealkylation sites (tertiary alicyclic amines) is 1. The van der Waals surface area contributed by atoms with E-state index in [1.54, 1.807) is 12.1 Å². The summed E-state index contributed by atoms with van der Waals surface area (Å²) in [5.74, 6) is 0.0270. The number of benzene rings is 2. The van der Waals surface area contributed by atoms with Crippen molar-refractivity contribution < 1.29 is 13.9 Å². The van der Waals surface area contributed by atoms with Gasteiger partial charge in [-0.3, -0.25) is 9.69 Å². The fourth-order valence-corrected chi connectivity index (χ4v) is 6.09. The van der Waals surface area contributed by atoms with Gasteiger partial charge in [-0.05, 0) is 91.2 Å². The molecule has 1 aliphatic heterocycles. The highest BCUT2D eigenvalue weighted by Crippen LogP contribution is 2.40. The number of rotatable bonds is 8. The molecule has 1 N–H and O–H groups in total. The smallest absolute Gasteiger partial charge is 0.337 e. The van der Waals surface area contributed by atoms with E-state index in [-0.39, 0.29) is 24.4 Å². The van der Waals surface area contributed by atoms with E-state index >= 15 is 0 Å². The van der Waals surface area contributed by atoms with Gasteiger partial charge in [0.25, 0.3) is 0 Å². The van der Waals surface area contributed by atoms with Crippen molar-refractivity contribution in [2.75, 3.05) is 31.8 Å². The molecule has 1 fully saturated rings. The second-order valence-corrected chi connectivity index (χ2v) is 10.7. The van der Waals surface area contributed by atoms with E-state index in [0.29, 0.717) is 16.7 Å². The van der Waals surface area contributed by atoms with E-state index in [9.17, 15) is 9.36 Å². The summed E-state index contributed by atoms with van der Waals surface area (Å²) in [6, 6.07) is 11.5. The quantitative estimate of drug-likeness (QED) is 0.415. The van der Waals surface area contributed by atoms with Crippen molar-refractivity contribution in [3.05, 3.63) is 63.1 Å². The number of aryl methyl sites for hydroxylation is 1. The van der Waals surface area contributed by atoms with Crippen LogP contribution in [0.4, 0.5) is 5.69 Å². The van der Waals surface area contributed by atoms with Gasteiger partial charge in [0.05, 0.1) is 28.2 Å². The van der Waals surface area contributed by atoms with Crippen molar-refractivity contribution in [2.45, 2.75) is 51.1 Å². The molecule has 3 atom stereocenters. The van der Waals surface area contributed by atoms with Gasteiger partial charge < -0.3 is 4.90 Å². The highest BCUT2D eigenvalue weighted by molar-refractivity contribution is 7.40. The van der Waals surface area contributed by atoms with Gasteiger partial charge in [-0.2, -0.15) is 5.09 Å². The lowest BCUT2D eigenvalue weighted by Crippen LogP contribution is -2.48. The Morgan fingerprint density at radius 2 is 1.94 bits per heavy atom. The zero-order valence-corrected chi connectivity index (χ0v) is 22.0.